The van der Waals surface area contributed by atoms with Crippen molar-refractivity contribution in [1.82, 2.24) is 39.8 Å². The minimum Gasteiger partial charge on any atom is -0.477 e. The second-order valence-corrected chi connectivity index (χ2v) is 13.3. The standard InChI is InChI=1S/C20H11ClF4N4O3.C19H9ClF4N4O3/c1-31-19(30)15-16(14-12(21)5-2-6-13(14)22)28-32-17(15)11-9-27-29(18(11)20(23,24)25)10-4-3-7-26-8-10;20-11-4-1-5-12(21)13(11)15-14(18(29)30)16(31-27-15)10-8-26-28(17(10)19(22,23)24)9-3-2-6-25-7-9/h2-9H,1H3;1-8H,(H,29,30). The van der Waals surface area contributed by atoms with Crippen LogP contribution in [0.2, 0.25) is 10.0 Å². The average Bonchev–Trinajstić information content (AvgIpc) is 4.06. The molecule has 8 aromatic rings. The van der Waals surface area contributed by atoms with Crippen LogP contribution < -0.4 is 0 Å². The minimum atomic E-state index is -4.96. The van der Waals surface area contributed by atoms with Crippen molar-refractivity contribution >= 4 is 35.1 Å². The summed E-state index contributed by atoms with van der Waals surface area (Å²) in [5.41, 5.74) is -6.87. The highest BCUT2D eigenvalue weighted by molar-refractivity contribution is 6.34. The maximum Gasteiger partial charge on any atom is 0.434 e. The molecular weight excluding hydrogens is 899 g/mol. The van der Waals surface area contributed by atoms with Gasteiger partial charge in [-0.25, -0.2) is 27.7 Å². The molecule has 0 aliphatic rings. The zero-order chi connectivity index (χ0) is 45.4. The van der Waals surface area contributed by atoms with Gasteiger partial charge in [0, 0.05) is 12.4 Å². The molecule has 0 fully saturated rings. The predicted molar refractivity (Wildman–Crippen MR) is 203 cm³/mol. The fourth-order valence-corrected chi connectivity index (χ4v) is 6.66. The normalized spacial score (nSPS) is 11.6. The van der Waals surface area contributed by atoms with Crippen molar-refractivity contribution in [2.24, 2.45) is 0 Å². The summed E-state index contributed by atoms with van der Waals surface area (Å²) in [6, 6.07) is 12.8. The molecule has 0 atom stereocenters. The number of esters is 1. The van der Waals surface area contributed by atoms with Crippen LogP contribution in [0.1, 0.15) is 32.1 Å². The summed E-state index contributed by atoms with van der Waals surface area (Å²) in [5, 5.41) is 24.0. The Labute approximate surface area is 355 Å². The fraction of sp³-hybridized carbons (Fsp3) is 0.0769. The van der Waals surface area contributed by atoms with Crippen molar-refractivity contribution in [2.75, 3.05) is 7.11 Å². The highest BCUT2D eigenvalue weighted by Crippen LogP contribution is 2.45. The Hall–Kier alpha value is -7.46. The number of carboxylic acid groups (broad SMARTS) is 1. The molecule has 0 aliphatic carbocycles. The molecule has 8 rings (SSSR count). The first-order valence-electron chi connectivity index (χ1n) is 17.3. The van der Waals surface area contributed by atoms with Crippen molar-refractivity contribution in [1.29, 1.82) is 0 Å². The summed E-state index contributed by atoms with van der Waals surface area (Å²) in [7, 11) is 1.01. The zero-order valence-corrected chi connectivity index (χ0v) is 32.6. The molecule has 2 aromatic carbocycles. The van der Waals surface area contributed by atoms with Crippen LogP contribution in [0.3, 0.4) is 0 Å². The van der Waals surface area contributed by atoms with Crippen molar-refractivity contribution in [3.05, 3.63) is 142 Å². The van der Waals surface area contributed by atoms with Crippen LogP contribution in [0.5, 0.6) is 0 Å². The van der Waals surface area contributed by atoms with Gasteiger partial charge in [0.1, 0.15) is 34.1 Å². The summed E-state index contributed by atoms with van der Waals surface area (Å²) >= 11 is 12.0. The highest BCUT2D eigenvalue weighted by atomic mass is 35.5. The number of alkyl halides is 6. The summed E-state index contributed by atoms with van der Waals surface area (Å²) in [4.78, 5) is 32.0. The molecule has 0 aliphatic heterocycles. The highest BCUT2D eigenvalue weighted by Gasteiger charge is 2.44. The number of pyridine rings is 2. The average molecular weight is 920 g/mol. The molecule has 6 aromatic heterocycles. The molecule has 0 unspecified atom stereocenters. The quantitative estimate of drug-likeness (QED) is 0.113. The number of halogens is 10. The van der Waals surface area contributed by atoms with Gasteiger partial charge in [0.25, 0.3) is 0 Å². The lowest BCUT2D eigenvalue weighted by molar-refractivity contribution is -0.143. The van der Waals surface area contributed by atoms with Crippen LogP contribution in [0, 0.1) is 11.6 Å². The van der Waals surface area contributed by atoms with Gasteiger partial charge in [0.15, 0.2) is 22.9 Å². The number of carbonyl (C=O) groups excluding carboxylic acids is 1. The van der Waals surface area contributed by atoms with E-state index in [1.165, 1.54) is 67.1 Å². The number of nitrogens with zero attached hydrogens (tertiary/aromatic N) is 8. The van der Waals surface area contributed by atoms with Crippen molar-refractivity contribution in [2.45, 2.75) is 12.4 Å². The van der Waals surface area contributed by atoms with E-state index >= 15 is 0 Å². The van der Waals surface area contributed by atoms with Crippen LogP contribution >= 0.6 is 23.2 Å². The third-order valence-corrected chi connectivity index (χ3v) is 9.36. The summed E-state index contributed by atoms with van der Waals surface area (Å²) in [6.45, 7) is 0. The van der Waals surface area contributed by atoms with E-state index in [9.17, 15) is 49.8 Å². The van der Waals surface area contributed by atoms with Gasteiger partial charge in [-0.15, -0.1) is 0 Å². The Balaban J connectivity index is 0.000000189. The first-order chi connectivity index (χ1) is 29.9. The number of ether oxygens (including phenoxy) is 1. The van der Waals surface area contributed by atoms with Gasteiger partial charge in [-0.05, 0) is 48.5 Å². The van der Waals surface area contributed by atoms with Crippen LogP contribution in [0.4, 0.5) is 35.1 Å². The third kappa shape index (κ3) is 8.32. The van der Waals surface area contributed by atoms with Gasteiger partial charge in [0.05, 0.1) is 75.6 Å². The molecule has 63 heavy (non-hydrogen) atoms. The number of aromatic nitrogens is 8. The van der Waals surface area contributed by atoms with Crippen molar-refractivity contribution < 1.29 is 63.6 Å². The molecule has 14 nitrogen and oxygen atoms in total. The Morgan fingerprint density at radius 3 is 1.44 bits per heavy atom. The molecule has 322 valence electrons. The van der Waals surface area contributed by atoms with Crippen LogP contribution in [0.25, 0.3) is 56.5 Å². The maximum atomic E-state index is 14.5. The molecule has 6 heterocycles. The number of carboxylic acids is 1. The Morgan fingerprint density at radius 1 is 0.651 bits per heavy atom. The predicted octanol–water partition coefficient (Wildman–Crippen LogP) is 10.3. The lowest BCUT2D eigenvalue weighted by atomic mass is 10.0. The Kier molecular flexibility index (Phi) is 11.9. The number of rotatable bonds is 8. The van der Waals surface area contributed by atoms with Gasteiger partial charge in [-0.1, -0.05) is 45.6 Å². The van der Waals surface area contributed by atoms with Crippen LogP contribution in [-0.4, -0.2) is 64.0 Å². The molecular formula is C39H20Cl2F8N8O6. The van der Waals surface area contributed by atoms with Crippen LogP contribution in [0.15, 0.2) is 107 Å². The largest absolute Gasteiger partial charge is 0.477 e. The molecule has 0 saturated heterocycles. The minimum absolute atomic E-state index is 0.0163. The van der Waals surface area contributed by atoms with E-state index in [0.717, 1.165) is 37.8 Å². The number of methoxy groups -OCH3 is 1. The van der Waals surface area contributed by atoms with Gasteiger partial charge in [-0.2, -0.15) is 36.5 Å². The van der Waals surface area contributed by atoms with E-state index in [-0.39, 0.29) is 27.0 Å². The first-order valence-corrected chi connectivity index (χ1v) is 18.0. The molecule has 0 saturated carbocycles. The van der Waals surface area contributed by atoms with E-state index in [1.807, 2.05) is 0 Å². The summed E-state index contributed by atoms with van der Waals surface area (Å²) < 4.78 is 129. The van der Waals surface area contributed by atoms with E-state index in [2.05, 4.69) is 30.5 Å². The number of hydrogen-bond donors (Lipinski definition) is 1. The van der Waals surface area contributed by atoms with E-state index < -0.39 is 98.0 Å². The van der Waals surface area contributed by atoms with E-state index in [0.29, 0.717) is 9.36 Å². The Morgan fingerprint density at radius 2 is 1.08 bits per heavy atom. The summed E-state index contributed by atoms with van der Waals surface area (Å²) in [5.74, 6) is -5.91. The third-order valence-electron chi connectivity index (χ3n) is 8.73. The van der Waals surface area contributed by atoms with Gasteiger partial charge in [-0.3, -0.25) is 9.97 Å². The number of carbonyl (C=O) groups is 2. The van der Waals surface area contributed by atoms with Gasteiger partial charge in [0.2, 0.25) is 0 Å². The van der Waals surface area contributed by atoms with E-state index in [1.54, 1.807) is 0 Å². The second-order valence-electron chi connectivity index (χ2n) is 12.5. The molecule has 24 heteroatoms. The molecule has 1 N–H and O–H groups in total. The molecule has 0 spiro atoms. The van der Waals surface area contributed by atoms with E-state index in [4.69, 9.17) is 37.0 Å². The molecule has 0 bridgehead atoms. The molecule has 0 amide bonds. The van der Waals surface area contributed by atoms with Crippen molar-refractivity contribution in [3.63, 3.8) is 0 Å². The van der Waals surface area contributed by atoms with Gasteiger partial charge < -0.3 is 18.9 Å². The summed E-state index contributed by atoms with van der Waals surface area (Å²) in [6.07, 6.45) is -3.15. The van der Waals surface area contributed by atoms with Gasteiger partial charge >= 0.3 is 24.3 Å². The number of aromatic carboxylic acids is 1. The fourth-order valence-electron chi connectivity index (χ4n) is 6.15. The van der Waals surface area contributed by atoms with Crippen molar-refractivity contribution in [3.8, 4) is 56.5 Å². The SMILES string of the molecule is COC(=O)c1c(-c2c(F)cccc2Cl)noc1-c1cnn(-c2cccnc2)c1C(F)(F)F.O=C(O)c1c(-c2c(F)cccc2Cl)noc1-c1cnn(-c2cccnc2)c1C(F)(F)F. The molecule has 0 radical (unpaired) electrons. The maximum absolute atomic E-state index is 14.5. The lowest BCUT2D eigenvalue weighted by Gasteiger charge is -2.12. The number of benzene rings is 2. The lowest BCUT2D eigenvalue weighted by Crippen LogP contribution is -2.15. The van der Waals surface area contributed by atoms with Crippen LogP contribution in [-0.2, 0) is 17.1 Å². The smallest absolute Gasteiger partial charge is 0.434 e. The topological polar surface area (TPSA) is 177 Å². The monoisotopic (exact) mass is 918 g/mol. The second kappa shape index (κ2) is 17.1. The number of hydrogen-bond acceptors (Lipinski definition) is 11. The first kappa shape index (κ1) is 43.6. The Bertz CT molecular complexity index is 2950. The zero-order valence-electron chi connectivity index (χ0n) is 31.1.